The molecule has 0 fully saturated rings. The van der Waals surface area contributed by atoms with Crippen molar-refractivity contribution < 1.29 is 26.4 Å². The number of unbranched alkanes of at least 4 members (excludes halogenated alkanes) is 1. The van der Waals surface area contributed by atoms with Gasteiger partial charge < -0.3 is 10.2 Å². The number of halogens is 3. The summed E-state index contributed by atoms with van der Waals surface area (Å²) in [6.07, 6.45) is -2.22. The molecule has 33 heavy (non-hydrogen) atoms. The van der Waals surface area contributed by atoms with E-state index in [2.05, 4.69) is 9.71 Å². The van der Waals surface area contributed by atoms with Crippen molar-refractivity contribution in [1.29, 1.82) is 0 Å². The van der Waals surface area contributed by atoms with Crippen LogP contribution in [0.1, 0.15) is 56.0 Å². The molecule has 1 amide bonds. The van der Waals surface area contributed by atoms with E-state index in [0.29, 0.717) is 24.5 Å². The van der Waals surface area contributed by atoms with Gasteiger partial charge in [-0.1, -0.05) is 27.2 Å². The summed E-state index contributed by atoms with van der Waals surface area (Å²) in [6.45, 7) is 6.63. The maximum atomic E-state index is 12.9. The standard InChI is InChI=1S/C23H26F3N3O3S/c1-4-5-12-29-19-11-10-18(14-20(19)33(31,32)28-21(29)13-15(2)3)27-22(30)16-6-8-17(9-7-16)23(24,25)26/h6-11,14-15H,4-5,12-13H2,1-3H3,(H,27,30). The van der Waals surface area contributed by atoms with Crippen LogP contribution in [0.2, 0.25) is 0 Å². The highest BCUT2D eigenvalue weighted by Gasteiger charge is 2.32. The molecule has 3 rings (SSSR count). The predicted octanol–water partition coefficient (Wildman–Crippen LogP) is 5.71. The minimum Gasteiger partial charge on any atom is -0.328 e. The number of rotatable bonds is 7. The predicted molar refractivity (Wildman–Crippen MR) is 122 cm³/mol. The molecule has 1 aliphatic heterocycles. The van der Waals surface area contributed by atoms with Gasteiger partial charge in [-0.15, -0.1) is 4.40 Å². The first-order valence-corrected chi connectivity index (χ1v) is 12.1. The zero-order valence-corrected chi connectivity index (χ0v) is 19.4. The van der Waals surface area contributed by atoms with E-state index in [9.17, 15) is 26.4 Å². The van der Waals surface area contributed by atoms with Gasteiger partial charge in [0.15, 0.2) is 0 Å². The van der Waals surface area contributed by atoms with Crippen LogP contribution in [0.25, 0.3) is 0 Å². The third kappa shape index (κ3) is 5.73. The van der Waals surface area contributed by atoms with Crippen molar-refractivity contribution in [2.45, 2.75) is 51.1 Å². The number of anilines is 2. The topological polar surface area (TPSA) is 78.8 Å². The molecule has 0 aliphatic carbocycles. The van der Waals surface area contributed by atoms with Gasteiger partial charge in [-0.2, -0.15) is 21.6 Å². The lowest BCUT2D eigenvalue weighted by Crippen LogP contribution is -2.37. The fourth-order valence-corrected chi connectivity index (χ4v) is 4.76. The lowest BCUT2D eigenvalue weighted by atomic mass is 10.1. The molecule has 2 aromatic rings. The first-order chi connectivity index (χ1) is 15.4. The summed E-state index contributed by atoms with van der Waals surface area (Å²) in [5.74, 6) is 0.0585. The number of sulfonamides is 1. The highest BCUT2D eigenvalue weighted by Crippen LogP contribution is 2.35. The molecule has 2 aromatic carbocycles. The van der Waals surface area contributed by atoms with Crippen LogP contribution in [-0.2, 0) is 16.2 Å². The number of amidine groups is 1. The lowest BCUT2D eigenvalue weighted by Gasteiger charge is -2.32. The number of hydrogen-bond acceptors (Lipinski definition) is 4. The number of nitrogens with one attached hydrogen (secondary N) is 1. The monoisotopic (exact) mass is 481 g/mol. The molecule has 1 N–H and O–H groups in total. The Hall–Kier alpha value is -2.88. The average Bonchev–Trinajstić information content (AvgIpc) is 2.72. The van der Waals surface area contributed by atoms with Crippen molar-refractivity contribution in [2.24, 2.45) is 10.3 Å². The summed E-state index contributed by atoms with van der Waals surface area (Å²) < 4.78 is 68.0. The number of nitrogens with zero attached hydrogens (tertiary/aromatic N) is 2. The normalized spacial score (nSPS) is 15.2. The van der Waals surface area contributed by atoms with E-state index in [1.165, 1.54) is 6.07 Å². The van der Waals surface area contributed by atoms with Crippen molar-refractivity contribution >= 4 is 33.1 Å². The molecule has 0 radical (unpaired) electrons. The van der Waals surface area contributed by atoms with Crippen LogP contribution in [0.3, 0.4) is 0 Å². The number of carbonyl (C=O) groups excluding carboxylic acids is 1. The molecule has 0 aromatic heterocycles. The van der Waals surface area contributed by atoms with Crippen LogP contribution in [0.4, 0.5) is 24.5 Å². The Morgan fingerprint density at radius 1 is 1.12 bits per heavy atom. The molecule has 0 unspecified atom stereocenters. The summed E-state index contributed by atoms with van der Waals surface area (Å²) in [5.41, 5.74) is -0.131. The molecule has 6 nitrogen and oxygen atoms in total. The van der Waals surface area contributed by atoms with Gasteiger partial charge in [0.05, 0.1) is 11.3 Å². The molecule has 0 saturated carbocycles. The van der Waals surface area contributed by atoms with E-state index in [1.807, 2.05) is 25.7 Å². The Morgan fingerprint density at radius 3 is 2.36 bits per heavy atom. The van der Waals surface area contributed by atoms with Gasteiger partial charge >= 0.3 is 6.18 Å². The van der Waals surface area contributed by atoms with Gasteiger partial charge in [-0.3, -0.25) is 4.79 Å². The first-order valence-electron chi connectivity index (χ1n) is 10.7. The summed E-state index contributed by atoms with van der Waals surface area (Å²) in [6, 6.07) is 8.32. The van der Waals surface area contributed by atoms with Gasteiger partial charge in [0.2, 0.25) is 0 Å². The molecule has 10 heteroatoms. The summed E-state index contributed by atoms with van der Waals surface area (Å²) in [5, 5.41) is 2.55. The van der Waals surface area contributed by atoms with Crippen molar-refractivity contribution in [3.63, 3.8) is 0 Å². The van der Waals surface area contributed by atoms with Crippen LogP contribution in [0.15, 0.2) is 51.8 Å². The fourth-order valence-electron chi connectivity index (χ4n) is 3.49. The third-order valence-electron chi connectivity index (χ3n) is 5.12. The lowest BCUT2D eigenvalue weighted by molar-refractivity contribution is -0.137. The molecule has 1 heterocycles. The molecule has 0 bridgehead atoms. The number of carbonyl (C=O) groups is 1. The second-order valence-electron chi connectivity index (χ2n) is 8.30. The van der Waals surface area contributed by atoms with Gasteiger partial charge in [0.25, 0.3) is 15.9 Å². The highest BCUT2D eigenvalue weighted by molar-refractivity contribution is 7.90. The van der Waals surface area contributed by atoms with Gasteiger partial charge in [-0.05, 0) is 54.8 Å². The molecule has 0 atom stereocenters. The first kappa shape index (κ1) is 24.8. The summed E-state index contributed by atoms with van der Waals surface area (Å²) in [7, 11) is -3.97. The second kappa shape index (κ2) is 9.54. The number of benzene rings is 2. The Bertz CT molecular complexity index is 1160. The van der Waals surface area contributed by atoms with Crippen LogP contribution >= 0.6 is 0 Å². The summed E-state index contributed by atoms with van der Waals surface area (Å²) in [4.78, 5) is 14.4. The number of alkyl halides is 3. The number of hydrogen-bond donors (Lipinski definition) is 1. The Morgan fingerprint density at radius 2 is 1.79 bits per heavy atom. The van der Waals surface area contributed by atoms with Crippen molar-refractivity contribution in [3.8, 4) is 0 Å². The maximum absolute atomic E-state index is 12.9. The zero-order chi connectivity index (χ0) is 24.4. The second-order valence-corrected chi connectivity index (χ2v) is 9.87. The molecular formula is C23H26F3N3O3S. The minimum atomic E-state index is -4.50. The fraction of sp³-hybridized carbons (Fsp3) is 0.391. The Labute approximate surface area is 191 Å². The molecular weight excluding hydrogens is 455 g/mol. The third-order valence-corrected chi connectivity index (χ3v) is 6.46. The van der Waals surface area contributed by atoms with Crippen LogP contribution in [0, 0.1) is 5.92 Å². The van der Waals surface area contributed by atoms with E-state index in [4.69, 9.17) is 0 Å². The van der Waals surface area contributed by atoms with Crippen molar-refractivity contribution in [1.82, 2.24) is 0 Å². The Kier molecular flexibility index (Phi) is 7.16. The molecule has 0 saturated heterocycles. The minimum absolute atomic E-state index is 0.0173. The Balaban J connectivity index is 1.90. The van der Waals surface area contributed by atoms with E-state index in [-0.39, 0.29) is 22.1 Å². The summed E-state index contributed by atoms with van der Waals surface area (Å²) >= 11 is 0. The largest absolute Gasteiger partial charge is 0.416 e. The van der Waals surface area contributed by atoms with Crippen LogP contribution < -0.4 is 10.2 Å². The van der Waals surface area contributed by atoms with E-state index >= 15 is 0 Å². The number of amides is 1. The smallest absolute Gasteiger partial charge is 0.328 e. The maximum Gasteiger partial charge on any atom is 0.416 e. The molecule has 1 aliphatic rings. The van der Waals surface area contributed by atoms with Crippen molar-refractivity contribution in [3.05, 3.63) is 53.6 Å². The average molecular weight is 482 g/mol. The number of fused-ring (bicyclic) bond motifs is 1. The van der Waals surface area contributed by atoms with Gasteiger partial charge in [0, 0.05) is 24.2 Å². The zero-order valence-electron chi connectivity index (χ0n) is 18.6. The molecule has 0 spiro atoms. The molecule has 178 valence electrons. The van der Waals surface area contributed by atoms with Crippen LogP contribution in [0.5, 0.6) is 0 Å². The van der Waals surface area contributed by atoms with Gasteiger partial charge in [0.1, 0.15) is 10.7 Å². The van der Waals surface area contributed by atoms with Crippen LogP contribution in [-0.4, -0.2) is 26.7 Å². The SMILES string of the molecule is CCCCN1C(CC(C)C)=NS(=O)(=O)c2cc(NC(=O)c3ccc(C(F)(F)F)cc3)ccc21. The van der Waals surface area contributed by atoms with E-state index in [0.717, 1.165) is 37.1 Å². The van der Waals surface area contributed by atoms with E-state index in [1.54, 1.807) is 12.1 Å². The highest BCUT2D eigenvalue weighted by atomic mass is 32.2. The van der Waals surface area contributed by atoms with Gasteiger partial charge in [-0.25, -0.2) is 0 Å². The van der Waals surface area contributed by atoms with Crippen molar-refractivity contribution in [2.75, 3.05) is 16.8 Å². The quantitative estimate of drug-likeness (QED) is 0.549. The van der Waals surface area contributed by atoms with E-state index < -0.39 is 27.7 Å².